The zero-order chi connectivity index (χ0) is 12.5. The fraction of sp³-hybridized carbons (Fsp3) is 0.538. The Hall–Kier alpha value is -0.770. The first-order valence-electron chi connectivity index (χ1n) is 6.03. The number of hydrogen-bond acceptors (Lipinski definition) is 3. The van der Waals surface area contributed by atoms with Crippen LogP contribution in [0.2, 0.25) is 5.02 Å². The first-order valence-corrected chi connectivity index (χ1v) is 6.41. The number of hydrogen-bond donors (Lipinski definition) is 3. The van der Waals surface area contributed by atoms with Crippen LogP contribution in [0.15, 0.2) is 18.2 Å². The van der Waals surface area contributed by atoms with Crippen molar-refractivity contribution in [3.63, 3.8) is 0 Å². The summed E-state index contributed by atoms with van der Waals surface area (Å²) >= 11 is 5.98. The van der Waals surface area contributed by atoms with Crippen molar-refractivity contribution in [2.45, 2.75) is 32.2 Å². The quantitative estimate of drug-likeness (QED) is 0.628. The number of aromatic hydroxyl groups is 1. The standard InChI is InChI=1S/C13H20ClNO2/c14-12-6-5-7-13(17)11(12)10-15-8-3-1-2-4-9-16/h5-7,15-17H,1-4,8-10H2. The third kappa shape index (κ3) is 5.39. The Kier molecular flexibility index (Phi) is 7.01. The van der Waals surface area contributed by atoms with E-state index < -0.39 is 0 Å². The average Bonchev–Trinajstić information content (AvgIpc) is 2.31. The molecule has 4 heteroatoms. The molecule has 1 aromatic rings. The molecule has 17 heavy (non-hydrogen) atoms. The summed E-state index contributed by atoms with van der Waals surface area (Å²) in [5, 5.41) is 22.1. The molecule has 0 spiro atoms. The molecule has 0 aromatic heterocycles. The summed E-state index contributed by atoms with van der Waals surface area (Å²) in [5.41, 5.74) is 0.754. The summed E-state index contributed by atoms with van der Waals surface area (Å²) < 4.78 is 0. The van der Waals surface area contributed by atoms with E-state index in [0.29, 0.717) is 11.6 Å². The molecule has 1 rings (SSSR count). The molecule has 0 saturated carbocycles. The van der Waals surface area contributed by atoms with Crippen LogP contribution >= 0.6 is 11.6 Å². The summed E-state index contributed by atoms with van der Waals surface area (Å²) in [6.07, 6.45) is 4.13. The molecule has 3 nitrogen and oxygen atoms in total. The molecular formula is C13H20ClNO2. The number of aliphatic hydroxyl groups excluding tert-OH is 1. The van der Waals surface area contributed by atoms with Crippen LogP contribution in [-0.2, 0) is 6.54 Å². The summed E-state index contributed by atoms with van der Waals surface area (Å²) in [6, 6.07) is 5.15. The molecule has 0 amide bonds. The van der Waals surface area contributed by atoms with Gasteiger partial charge in [-0.15, -0.1) is 0 Å². The van der Waals surface area contributed by atoms with Crippen molar-refractivity contribution in [1.82, 2.24) is 5.32 Å². The molecule has 0 aliphatic rings. The SMILES string of the molecule is OCCCCCCNCc1c(O)cccc1Cl. The molecule has 0 aliphatic carbocycles. The fourth-order valence-corrected chi connectivity index (χ4v) is 1.89. The van der Waals surface area contributed by atoms with Crippen LogP contribution in [0.4, 0.5) is 0 Å². The largest absolute Gasteiger partial charge is 0.508 e. The molecule has 3 N–H and O–H groups in total. The number of nitrogens with one attached hydrogen (secondary N) is 1. The van der Waals surface area contributed by atoms with E-state index in [-0.39, 0.29) is 12.4 Å². The molecule has 96 valence electrons. The summed E-state index contributed by atoms with van der Waals surface area (Å²) in [6.45, 7) is 1.77. The van der Waals surface area contributed by atoms with Gasteiger partial charge in [-0.2, -0.15) is 0 Å². The molecule has 0 unspecified atom stereocenters. The van der Waals surface area contributed by atoms with Gasteiger partial charge in [-0.1, -0.05) is 30.5 Å². The number of phenolic OH excluding ortho intramolecular Hbond substituents is 1. The Morgan fingerprint density at radius 1 is 1.12 bits per heavy atom. The zero-order valence-electron chi connectivity index (χ0n) is 9.95. The highest BCUT2D eigenvalue weighted by Crippen LogP contribution is 2.24. The van der Waals surface area contributed by atoms with Gasteiger partial charge < -0.3 is 15.5 Å². The van der Waals surface area contributed by atoms with Gasteiger partial charge in [-0.25, -0.2) is 0 Å². The molecule has 0 bridgehead atoms. The van der Waals surface area contributed by atoms with Gasteiger partial charge in [-0.05, 0) is 31.5 Å². The van der Waals surface area contributed by atoms with Gasteiger partial charge in [0.1, 0.15) is 5.75 Å². The Labute approximate surface area is 107 Å². The highest BCUT2D eigenvalue weighted by atomic mass is 35.5. The van der Waals surface area contributed by atoms with Crippen LogP contribution in [0.1, 0.15) is 31.2 Å². The van der Waals surface area contributed by atoms with Crippen molar-refractivity contribution in [1.29, 1.82) is 0 Å². The van der Waals surface area contributed by atoms with Crippen molar-refractivity contribution in [2.75, 3.05) is 13.2 Å². The molecular weight excluding hydrogens is 238 g/mol. The number of rotatable bonds is 8. The molecule has 0 heterocycles. The third-order valence-electron chi connectivity index (χ3n) is 2.66. The lowest BCUT2D eigenvalue weighted by Crippen LogP contribution is -2.15. The number of phenols is 1. The minimum absolute atomic E-state index is 0.241. The zero-order valence-corrected chi connectivity index (χ0v) is 10.7. The second-order valence-electron chi connectivity index (χ2n) is 4.05. The normalized spacial score (nSPS) is 10.7. The minimum atomic E-state index is 0.241. The van der Waals surface area contributed by atoms with Gasteiger partial charge in [0.05, 0.1) is 0 Å². The number of unbranched alkanes of at least 4 members (excludes halogenated alkanes) is 3. The van der Waals surface area contributed by atoms with Crippen LogP contribution in [0, 0.1) is 0 Å². The summed E-state index contributed by atoms with van der Waals surface area (Å²) in [7, 11) is 0. The van der Waals surface area contributed by atoms with Crippen LogP contribution in [-0.4, -0.2) is 23.4 Å². The van der Waals surface area contributed by atoms with E-state index in [9.17, 15) is 5.11 Å². The van der Waals surface area contributed by atoms with E-state index in [0.717, 1.165) is 37.8 Å². The van der Waals surface area contributed by atoms with Crippen molar-refractivity contribution in [3.05, 3.63) is 28.8 Å². The van der Waals surface area contributed by atoms with Crippen molar-refractivity contribution in [2.24, 2.45) is 0 Å². The summed E-state index contributed by atoms with van der Waals surface area (Å²) in [4.78, 5) is 0. The smallest absolute Gasteiger partial charge is 0.121 e. The van der Waals surface area contributed by atoms with Crippen LogP contribution in [0.5, 0.6) is 5.75 Å². The second kappa shape index (κ2) is 8.34. The fourth-order valence-electron chi connectivity index (χ4n) is 1.65. The molecule has 0 atom stereocenters. The molecule has 1 aromatic carbocycles. The maximum Gasteiger partial charge on any atom is 0.121 e. The lowest BCUT2D eigenvalue weighted by atomic mass is 10.2. The Bertz CT molecular complexity index is 311. The van der Waals surface area contributed by atoms with Gasteiger partial charge >= 0.3 is 0 Å². The van der Waals surface area contributed by atoms with E-state index in [1.54, 1.807) is 18.2 Å². The van der Waals surface area contributed by atoms with E-state index in [1.165, 1.54) is 0 Å². The predicted octanol–water partition coefficient (Wildman–Crippen LogP) is 2.69. The monoisotopic (exact) mass is 257 g/mol. The number of aliphatic hydroxyl groups is 1. The third-order valence-corrected chi connectivity index (χ3v) is 3.01. The van der Waals surface area contributed by atoms with Gasteiger partial charge in [0, 0.05) is 23.7 Å². The van der Waals surface area contributed by atoms with Gasteiger partial charge in [0.2, 0.25) is 0 Å². The predicted molar refractivity (Wildman–Crippen MR) is 70.4 cm³/mol. The van der Waals surface area contributed by atoms with Crippen LogP contribution in [0.3, 0.4) is 0 Å². The molecule has 0 saturated heterocycles. The van der Waals surface area contributed by atoms with Crippen molar-refractivity contribution < 1.29 is 10.2 Å². The summed E-state index contributed by atoms with van der Waals surface area (Å²) in [5.74, 6) is 0.241. The van der Waals surface area contributed by atoms with E-state index >= 15 is 0 Å². The van der Waals surface area contributed by atoms with Gasteiger partial charge in [0.25, 0.3) is 0 Å². The molecule has 0 radical (unpaired) electrons. The lowest BCUT2D eigenvalue weighted by Gasteiger charge is -2.08. The Morgan fingerprint density at radius 2 is 1.88 bits per heavy atom. The topological polar surface area (TPSA) is 52.5 Å². The van der Waals surface area contributed by atoms with E-state index in [1.807, 2.05) is 0 Å². The maximum atomic E-state index is 9.61. The van der Waals surface area contributed by atoms with Gasteiger partial charge in [0.15, 0.2) is 0 Å². The Balaban J connectivity index is 2.18. The van der Waals surface area contributed by atoms with Crippen molar-refractivity contribution in [3.8, 4) is 5.75 Å². The maximum absolute atomic E-state index is 9.61. The average molecular weight is 258 g/mol. The number of benzene rings is 1. The van der Waals surface area contributed by atoms with Crippen LogP contribution in [0.25, 0.3) is 0 Å². The van der Waals surface area contributed by atoms with Crippen molar-refractivity contribution >= 4 is 11.6 Å². The lowest BCUT2D eigenvalue weighted by molar-refractivity contribution is 0.282. The van der Waals surface area contributed by atoms with E-state index in [2.05, 4.69) is 5.32 Å². The minimum Gasteiger partial charge on any atom is -0.508 e. The van der Waals surface area contributed by atoms with E-state index in [4.69, 9.17) is 16.7 Å². The highest BCUT2D eigenvalue weighted by Gasteiger charge is 2.04. The Morgan fingerprint density at radius 3 is 2.59 bits per heavy atom. The van der Waals surface area contributed by atoms with Crippen LogP contribution < -0.4 is 5.32 Å². The molecule has 0 aliphatic heterocycles. The highest BCUT2D eigenvalue weighted by molar-refractivity contribution is 6.31. The second-order valence-corrected chi connectivity index (χ2v) is 4.46. The first-order chi connectivity index (χ1) is 8.25. The first kappa shape index (κ1) is 14.3. The number of halogens is 1. The molecule has 0 fully saturated rings. The van der Waals surface area contributed by atoms with Gasteiger partial charge in [-0.3, -0.25) is 0 Å².